The average Bonchev–Trinajstić information content (AvgIpc) is 2.80. The smallest absolute Gasteiger partial charge is 0.332 e. The summed E-state index contributed by atoms with van der Waals surface area (Å²) >= 11 is 0. The first-order chi connectivity index (χ1) is 16.5. The number of carbonyl (C=O) groups excluding carboxylic acids is 2. The Morgan fingerprint density at radius 1 is 1.20 bits per heavy atom. The number of fused-ring (bicyclic) bond motifs is 1. The number of nitrogens with zero attached hydrogens (tertiary/aromatic N) is 6. The van der Waals surface area contributed by atoms with E-state index in [1.54, 1.807) is 25.3 Å². The van der Waals surface area contributed by atoms with Gasteiger partial charge in [0, 0.05) is 32.4 Å². The van der Waals surface area contributed by atoms with Crippen molar-refractivity contribution >= 4 is 28.5 Å². The van der Waals surface area contributed by atoms with Crippen molar-refractivity contribution in [2.24, 2.45) is 12.0 Å². The van der Waals surface area contributed by atoms with Crippen molar-refractivity contribution in [3.05, 3.63) is 58.5 Å². The molecule has 1 fully saturated rings. The third-order valence-electron chi connectivity index (χ3n) is 6.32. The second-order valence-electron chi connectivity index (χ2n) is 8.49. The number of alkyl halides is 3. The summed E-state index contributed by atoms with van der Waals surface area (Å²) in [5, 5.41) is 0.620. The van der Waals surface area contributed by atoms with E-state index in [9.17, 15) is 22.8 Å². The SMILES string of the molecule is CC(=O)N1CCN(c2cc3c(=NCc4cccc(C(F)(F)F)c4C)nc(C)n(C)c3cn2)C(=O)C1. The minimum absolute atomic E-state index is 0.0128. The molecule has 1 saturated heterocycles. The van der Waals surface area contributed by atoms with Gasteiger partial charge in [0.05, 0.1) is 23.8 Å². The normalized spacial score (nSPS) is 15.3. The van der Waals surface area contributed by atoms with Crippen molar-refractivity contribution in [2.75, 3.05) is 24.5 Å². The molecule has 1 aromatic carbocycles. The second kappa shape index (κ2) is 9.12. The molecule has 0 spiro atoms. The summed E-state index contributed by atoms with van der Waals surface area (Å²) in [6, 6.07) is 5.75. The molecule has 2 aromatic heterocycles. The number of hydrogen-bond donors (Lipinski definition) is 0. The van der Waals surface area contributed by atoms with Crippen LogP contribution in [0, 0.1) is 13.8 Å². The highest BCUT2D eigenvalue weighted by Crippen LogP contribution is 2.33. The quantitative estimate of drug-likeness (QED) is 0.570. The molecule has 0 unspecified atom stereocenters. The molecule has 184 valence electrons. The molecular formula is C24H25F3N6O2. The number of aryl methyl sites for hydroxylation is 2. The van der Waals surface area contributed by atoms with E-state index in [4.69, 9.17) is 0 Å². The van der Waals surface area contributed by atoms with Crippen molar-refractivity contribution in [3.8, 4) is 0 Å². The van der Waals surface area contributed by atoms with E-state index in [1.165, 1.54) is 29.7 Å². The topological polar surface area (TPSA) is 83.7 Å². The summed E-state index contributed by atoms with van der Waals surface area (Å²) in [5.41, 5.74) is 0.961. The predicted molar refractivity (Wildman–Crippen MR) is 123 cm³/mol. The molecule has 35 heavy (non-hydrogen) atoms. The lowest BCUT2D eigenvalue weighted by molar-refractivity contribution is -0.138. The zero-order chi connectivity index (χ0) is 25.5. The van der Waals surface area contributed by atoms with Crippen LogP contribution < -0.4 is 10.4 Å². The number of aromatic nitrogens is 3. The Bertz CT molecular complexity index is 1400. The second-order valence-corrected chi connectivity index (χ2v) is 8.49. The Morgan fingerprint density at radius 3 is 2.60 bits per heavy atom. The monoisotopic (exact) mass is 486 g/mol. The molecule has 11 heteroatoms. The summed E-state index contributed by atoms with van der Waals surface area (Å²) < 4.78 is 41.8. The van der Waals surface area contributed by atoms with Crippen molar-refractivity contribution in [3.63, 3.8) is 0 Å². The molecule has 3 heterocycles. The maximum absolute atomic E-state index is 13.3. The molecule has 3 aromatic rings. The molecule has 1 aliphatic rings. The number of hydrogen-bond acceptors (Lipinski definition) is 5. The van der Waals surface area contributed by atoms with Crippen LogP contribution in [0.15, 0.2) is 35.5 Å². The lowest BCUT2D eigenvalue weighted by Gasteiger charge is -2.33. The highest BCUT2D eigenvalue weighted by Gasteiger charge is 2.32. The fraction of sp³-hybridized carbons (Fsp3) is 0.375. The van der Waals surface area contributed by atoms with Crippen LogP contribution in [0.3, 0.4) is 0 Å². The maximum atomic E-state index is 13.3. The zero-order valence-corrected chi connectivity index (χ0v) is 19.8. The molecule has 0 radical (unpaired) electrons. The standard InChI is InChI=1S/C24H25F3N6O2/c1-14-17(6-5-7-19(14)24(25,26)27)11-29-23-18-10-21(28-12-20(18)31(4)15(2)30-23)33-9-8-32(16(3)34)13-22(33)35/h5-7,10,12H,8-9,11,13H2,1-4H3. The highest BCUT2D eigenvalue weighted by molar-refractivity contribution is 5.98. The van der Waals surface area contributed by atoms with Gasteiger partial charge in [0.25, 0.3) is 0 Å². The van der Waals surface area contributed by atoms with Crippen LogP contribution in [0.25, 0.3) is 10.9 Å². The van der Waals surface area contributed by atoms with Gasteiger partial charge < -0.3 is 9.47 Å². The van der Waals surface area contributed by atoms with Gasteiger partial charge in [-0.3, -0.25) is 19.5 Å². The van der Waals surface area contributed by atoms with Gasteiger partial charge in [-0.25, -0.2) is 9.97 Å². The van der Waals surface area contributed by atoms with Crippen LogP contribution in [0.4, 0.5) is 19.0 Å². The Morgan fingerprint density at radius 2 is 1.94 bits per heavy atom. The Hall–Kier alpha value is -3.76. The van der Waals surface area contributed by atoms with E-state index >= 15 is 0 Å². The van der Waals surface area contributed by atoms with Gasteiger partial charge in [0.2, 0.25) is 11.8 Å². The lowest BCUT2D eigenvalue weighted by Crippen LogP contribution is -2.52. The van der Waals surface area contributed by atoms with Crippen molar-refractivity contribution in [1.82, 2.24) is 19.4 Å². The Labute approximate surface area is 199 Å². The third-order valence-corrected chi connectivity index (χ3v) is 6.32. The molecule has 1 aliphatic heterocycles. The number of carbonyl (C=O) groups is 2. The van der Waals surface area contributed by atoms with E-state index in [-0.39, 0.29) is 30.5 Å². The Kier molecular flexibility index (Phi) is 6.35. The maximum Gasteiger partial charge on any atom is 0.416 e. The fourth-order valence-corrected chi connectivity index (χ4v) is 4.12. The van der Waals surface area contributed by atoms with Gasteiger partial charge in [-0.1, -0.05) is 12.1 Å². The predicted octanol–water partition coefficient (Wildman–Crippen LogP) is 2.90. The van der Waals surface area contributed by atoms with E-state index in [1.807, 2.05) is 11.6 Å². The van der Waals surface area contributed by atoms with Crippen LogP contribution in [-0.2, 0) is 29.4 Å². The molecule has 0 saturated carbocycles. The molecule has 0 atom stereocenters. The minimum atomic E-state index is -4.44. The number of piperazine rings is 1. The first kappa shape index (κ1) is 24.4. The van der Waals surface area contributed by atoms with Gasteiger partial charge in [-0.2, -0.15) is 13.2 Å². The summed E-state index contributed by atoms with van der Waals surface area (Å²) in [5.74, 6) is 0.642. The third kappa shape index (κ3) is 4.75. The van der Waals surface area contributed by atoms with E-state index < -0.39 is 11.7 Å². The number of amides is 2. The van der Waals surface area contributed by atoms with Crippen LogP contribution in [-0.4, -0.2) is 50.9 Å². The summed E-state index contributed by atoms with van der Waals surface area (Å²) in [6.07, 6.45) is -2.82. The first-order valence-electron chi connectivity index (χ1n) is 11.0. The summed E-state index contributed by atoms with van der Waals surface area (Å²) in [4.78, 5) is 40.8. The first-order valence-corrected chi connectivity index (χ1v) is 11.0. The van der Waals surface area contributed by atoms with Gasteiger partial charge in [0.15, 0.2) is 5.49 Å². The number of pyridine rings is 1. The molecule has 0 N–H and O–H groups in total. The number of rotatable bonds is 3. The van der Waals surface area contributed by atoms with E-state index in [0.717, 1.165) is 11.6 Å². The van der Waals surface area contributed by atoms with Crippen LogP contribution in [0.2, 0.25) is 0 Å². The van der Waals surface area contributed by atoms with Gasteiger partial charge in [-0.05, 0) is 37.1 Å². The number of benzene rings is 1. The zero-order valence-electron chi connectivity index (χ0n) is 19.8. The largest absolute Gasteiger partial charge is 0.416 e. The van der Waals surface area contributed by atoms with Crippen molar-refractivity contribution in [2.45, 2.75) is 33.5 Å². The minimum Gasteiger partial charge on any atom is -0.332 e. The molecular weight excluding hydrogens is 461 g/mol. The summed E-state index contributed by atoms with van der Waals surface area (Å²) in [6.45, 7) is 5.34. The molecule has 4 rings (SSSR count). The van der Waals surface area contributed by atoms with Crippen LogP contribution in [0.5, 0.6) is 0 Å². The molecule has 8 nitrogen and oxygen atoms in total. The van der Waals surface area contributed by atoms with Crippen LogP contribution in [0.1, 0.15) is 29.4 Å². The van der Waals surface area contributed by atoms with E-state index in [0.29, 0.717) is 41.2 Å². The van der Waals surface area contributed by atoms with Crippen LogP contribution >= 0.6 is 0 Å². The van der Waals surface area contributed by atoms with Gasteiger partial charge in [0.1, 0.15) is 18.2 Å². The summed E-state index contributed by atoms with van der Waals surface area (Å²) in [7, 11) is 1.82. The molecule has 0 aliphatic carbocycles. The lowest BCUT2D eigenvalue weighted by atomic mass is 10.0. The van der Waals surface area contributed by atoms with Crippen molar-refractivity contribution in [1.29, 1.82) is 0 Å². The average molecular weight is 486 g/mol. The fourth-order valence-electron chi connectivity index (χ4n) is 4.12. The van der Waals surface area contributed by atoms with Gasteiger partial charge >= 0.3 is 6.18 Å². The van der Waals surface area contributed by atoms with E-state index in [2.05, 4.69) is 15.0 Å². The highest BCUT2D eigenvalue weighted by atomic mass is 19.4. The molecule has 0 bridgehead atoms. The number of halogens is 3. The Balaban J connectivity index is 1.76. The number of anilines is 1. The van der Waals surface area contributed by atoms with Crippen molar-refractivity contribution < 1.29 is 22.8 Å². The van der Waals surface area contributed by atoms with Gasteiger partial charge in [-0.15, -0.1) is 0 Å². The molecule has 2 amide bonds.